The maximum absolute atomic E-state index is 12.5. The Bertz CT molecular complexity index is 549. The topological polar surface area (TPSA) is 61.4 Å². The summed E-state index contributed by atoms with van der Waals surface area (Å²) in [5, 5.41) is 3.26. The highest BCUT2D eigenvalue weighted by Crippen LogP contribution is 2.30. The average molecular weight is 283 g/mol. The molecule has 0 saturated carbocycles. The summed E-state index contributed by atoms with van der Waals surface area (Å²) in [6.07, 6.45) is 0.778. The van der Waals surface area contributed by atoms with Gasteiger partial charge in [-0.05, 0) is 39.3 Å². The van der Waals surface area contributed by atoms with E-state index in [1.165, 1.54) is 4.31 Å². The highest BCUT2D eigenvalue weighted by Gasteiger charge is 2.29. The van der Waals surface area contributed by atoms with Crippen molar-refractivity contribution in [3.05, 3.63) is 24.3 Å². The molecule has 6 heteroatoms. The van der Waals surface area contributed by atoms with Crippen molar-refractivity contribution in [2.45, 2.75) is 32.7 Å². The van der Waals surface area contributed by atoms with Gasteiger partial charge in [0, 0.05) is 18.6 Å². The van der Waals surface area contributed by atoms with E-state index in [0.717, 1.165) is 18.7 Å². The van der Waals surface area contributed by atoms with Gasteiger partial charge in [0.2, 0.25) is 0 Å². The lowest BCUT2D eigenvalue weighted by atomic mass is 10.1. The molecule has 19 heavy (non-hydrogen) atoms. The molecule has 0 unspecified atom stereocenters. The van der Waals surface area contributed by atoms with Gasteiger partial charge in [0.1, 0.15) is 0 Å². The molecule has 5 nitrogen and oxygen atoms in total. The largest absolute Gasteiger partial charge is 0.383 e. The van der Waals surface area contributed by atoms with Gasteiger partial charge in [-0.1, -0.05) is 12.1 Å². The molecule has 1 aromatic rings. The van der Waals surface area contributed by atoms with E-state index in [0.29, 0.717) is 12.2 Å². The molecule has 2 N–H and O–H groups in total. The van der Waals surface area contributed by atoms with E-state index in [1.807, 2.05) is 45.0 Å². The van der Waals surface area contributed by atoms with Gasteiger partial charge in [0.25, 0.3) is 0 Å². The summed E-state index contributed by atoms with van der Waals surface area (Å²) in [4.78, 5) is 0. The van der Waals surface area contributed by atoms with Crippen molar-refractivity contribution >= 4 is 21.6 Å². The van der Waals surface area contributed by atoms with Crippen LogP contribution in [-0.2, 0) is 10.2 Å². The lowest BCUT2D eigenvalue weighted by Gasteiger charge is -2.29. The molecule has 0 aliphatic carbocycles. The fraction of sp³-hybridized carbons (Fsp3) is 0.538. The van der Waals surface area contributed by atoms with E-state index in [1.54, 1.807) is 0 Å². The Morgan fingerprint density at radius 2 is 1.95 bits per heavy atom. The van der Waals surface area contributed by atoms with Crippen molar-refractivity contribution in [3.63, 3.8) is 0 Å². The molecule has 1 aliphatic rings. The fourth-order valence-corrected chi connectivity index (χ4v) is 3.77. The van der Waals surface area contributed by atoms with Gasteiger partial charge in [-0.2, -0.15) is 13.1 Å². The van der Waals surface area contributed by atoms with Crippen LogP contribution in [0.2, 0.25) is 0 Å². The zero-order valence-electron chi connectivity index (χ0n) is 11.6. The van der Waals surface area contributed by atoms with Gasteiger partial charge >= 0.3 is 10.2 Å². The van der Waals surface area contributed by atoms with Crippen molar-refractivity contribution in [2.24, 2.45) is 0 Å². The number of anilines is 2. The van der Waals surface area contributed by atoms with Crippen molar-refractivity contribution in [1.29, 1.82) is 0 Å². The summed E-state index contributed by atoms with van der Waals surface area (Å²) in [6.45, 7) is 6.78. The van der Waals surface area contributed by atoms with Crippen molar-refractivity contribution < 1.29 is 8.42 Å². The van der Waals surface area contributed by atoms with Gasteiger partial charge in [-0.25, -0.2) is 0 Å². The van der Waals surface area contributed by atoms with Crippen LogP contribution in [0.15, 0.2) is 24.3 Å². The van der Waals surface area contributed by atoms with E-state index < -0.39 is 15.7 Å². The minimum atomic E-state index is -3.53. The number of fused-ring (bicyclic) bond motifs is 1. The molecule has 0 radical (unpaired) electrons. The summed E-state index contributed by atoms with van der Waals surface area (Å²) >= 11 is 0. The van der Waals surface area contributed by atoms with Crippen molar-refractivity contribution in [1.82, 2.24) is 4.72 Å². The van der Waals surface area contributed by atoms with E-state index >= 15 is 0 Å². The Labute approximate surface area is 115 Å². The molecule has 1 aromatic carbocycles. The summed E-state index contributed by atoms with van der Waals surface area (Å²) < 4.78 is 29.2. The number of rotatable bonds is 2. The average Bonchev–Trinajstić information content (AvgIpc) is 2.47. The van der Waals surface area contributed by atoms with Gasteiger partial charge in [-0.15, -0.1) is 0 Å². The van der Waals surface area contributed by atoms with Crippen molar-refractivity contribution in [2.75, 3.05) is 22.7 Å². The molecule has 0 bridgehead atoms. The number of nitrogens with one attached hydrogen (secondary N) is 2. The van der Waals surface area contributed by atoms with Crippen LogP contribution in [0.3, 0.4) is 0 Å². The van der Waals surface area contributed by atoms with E-state index in [2.05, 4.69) is 10.0 Å². The lowest BCUT2D eigenvalue weighted by Crippen LogP contribution is -2.49. The first-order valence-corrected chi connectivity index (χ1v) is 7.88. The van der Waals surface area contributed by atoms with E-state index in [9.17, 15) is 8.42 Å². The number of benzene rings is 1. The second-order valence-corrected chi connectivity index (χ2v) is 7.32. The molecular weight excluding hydrogens is 262 g/mol. The Kier molecular flexibility index (Phi) is 3.73. The number of nitrogens with zero attached hydrogens (tertiary/aromatic N) is 1. The minimum Gasteiger partial charge on any atom is -0.383 e. The second kappa shape index (κ2) is 5.02. The zero-order valence-corrected chi connectivity index (χ0v) is 12.4. The molecular formula is C13H21N3O2S. The molecule has 0 fully saturated rings. The maximum Gasteiger partial charge on any atom is 0.302 e. The smallest absolute Gasteiger partial charge is 0.302 e. The first-order valence-electron chi connectivity index (χ1n) is 6.44. The third kappa shape index (κ3) is 3.39. The van der Waals surface area contributed by atoms with Crippen molar-refractivity contribution in [3.8, 4) is 0 Å². The minimum absolute atomic E-state index is 0.482. The van der Waals surface area contributed by atoms with Crippen LogP contribution in [0.25, 0.3) is 0 Å². The SMILES string of the molecule is CC(C)(C)NS(=O)(=O)N1CCCNc2ccccc21. The molecule has 0 amide bonds. The normalized spacial score (nSPS) is 16.5. The predicted molar refractivity (Wildman–Crippen MR) is 78.7 cm³/mol. The Morgan fingerprint density at radius 3 is 2.63 bits per heavy atom. The van der Waals surface area contributed by atoms with E-state index in [4.69, 9.17) is 0 Å². The summed E-state index contributed by atoms with van der Waals surface area (Å²) in [7, 11) is -3.53. The van der Waals surface area contributed by atoms with Gasteiger partial charge in [0.05, 0.1) is 11.4 Å². The number of hydrogen-bond acceptors (Lipinski definition) is 3. The molecule has 0 atom stereocenters. The first kappa shape index (κ1) is 14.1. The Balaban J connectivity index is 2.39. The van der Waals surface area contributed by atoms with Crippen LogP contribution in [-0.4, -0.2) is 27.0 Å². The van der Waals surface area contributed by atoms with Gasteiger partial charge in [-0.3, -0.25) is 4.31 Å². The van der Waals surface area contributed by atoms with Gasteiger partial charge in [0.15, 0.2) is 0 Å². The molecule has 0 spiro atoms. The van der Waals surface area contributed by atoms with Crippen LogP contribution in [0.4, 0.5) is 11.4 Å². The summed E-state index contributed by atoms with van der Waals surface area (Å²) in [6, 6.07) is 7.49. The quantitative estimate of drug-likeness (QED) is 0.872. The maximum atomic E-state index is 12.5. The van der Waals surface area contributed by atoms with E-state index in [-0.39, 0.29) is 0 Å². The van der Waals surface area contributed by atoms with Crippen LogP contribution in [0.5, 0.6) is 0 Å². The Hall–Kier alpha value is -1.27. The van der Waals surface area contributed by atoms with Crippen LogP contribution < -0.4 is 14.3 Å². The third-order valence-corrected chi connectivity index (χ3v) is 4.58. The fourth-order valence-electron chi connectivity index (χ4n) is 2.10. The van der Waals surface area contributed by atoms with Crippen LogP contribution in [0.1, 0.15) is 27.2 Å². The lowest BCUT2D eigenvalue weighted by molar-refractivity contribution is 0.489. The van der Waals surface area contributed by atoms with Crippen LogP contribution >= 0.6 is 0 Å². The third-order valence-electron chi connectivity index (χ3n) is 2.75. The number of hydrogen-bond donors (Lipinski definition) is 2. The Morgan fingerprint density at radius 1 is 1.26 bits per heavy atom. The highest BCUT2D eigenvalue weighted by atomic mass is 32.2. The molecule has 1 aliphatic heterocycles. The molecule has 2 rings (SSSR count). The summed E-state index contributed by atoms with van der Waals surface area (Å²) in [5.74, 6) is 0. The monoisotopic (exact) mass is 283 g/mol. The highest BCUT2D eigenvalue weighted by molar-refractivity contribution is 7.91. The standard InChI is InChI=1S/C13H21N3O2S/c1-13(2,3)15-19(17,18)16-10-6-9-14-11-7-4-5-8-12(11)16/h4-5,7-8,14-15H,6,9-10H2,1-3H3. The second-order valence-electron chi connectivity index (χ2n) is 5.73. The molecule has 0 aromatic heterocycles. The summed E-state index contributed by atoms with van der Waals surface area (Å²) in [5.41, 5.74) is 1.07. The van der Waals surface area contributed by atoms with Gasteiger partial charge < -0.3 is 5.32 Å². The molecule has 1 heterocycles. The van der Waals surface area contributed by atoms with Crippen LogP contribution in [0, 0.1) is 0 Å². The first-order chi connectivity index (χ1) is 8.80. The zero-order chi connectivity index (χ0) is 14.1. The predicted octanol–water partition coefficient (Wildman–Crippen LogP) is 1.94. The number of para-hydroxylation sites is 2. The molecule has 106 valence electrons. The molecule has 0 saturated heterocycles.